The molecule has 2 aromatic rings. The summed E-state index contributed by atoms with van der Waals surface area (Å²) in [5.74, 6) is 0.0974. The Hall–Kier alpha value is -2.29. The second-order valence-corrected chi connectivity index (χ2v) is 4.66. The molecule has 0 saturated carbocycles. The van der Waals surface area contributed by atoms with E-state index in [9.17, 15) is 4.79 Å². The van der Waals surface area contributed by atoms with E-state index in [0.717, 1.165) is 30.0 Å². The average molecular weight is 252 g/mol. The molecular formula is C16H16N2O. The first kappa shape index (κ1) is 11.8. The maximum absolute atomic E-state index is 11.7. The van der Waals surface area contributed by atoms with Crippen molar-refractivity contribution < 1.29 is 4.79 Å². The van der Waals surface area contributed by atoms with Crippen LogP contribution in [0.2, 0.25) is 0 Å². The highest BCUT2D eigenvalue weighted by Crippen LogP contribution is 2.33. The average Bonchev–Trinajstić information content (AvgIpc) is 2.43. The van der Waals surface area contributed by atoms with Crippen molar-refractivity contribution >= 4 is 23.0 Å². The zero-order valence-electron chi connectivity index (χ0n) is 10.7. The maximum Gasteiger partial charge on any atom is 0.224 e. The lowest BCUT2D eigenvalue weighted by Crippen LogP contribution is -2.25. The number of amides is 1. The highest BCUT2D eigenvalue weighted by atomic mass is 16.1. The monoisotopic (exact) mass is 252 g/mol. The predicted octanol–water partition coefficient (Wildman–Crippen LogP) is 3.56. The first-order valence-electron chi connectivity index (χ1n) is 6.56. The van der Waals surface area contributed by atoms with Crippen LogP contribution in [-0.4, -0.2) is 12.5 Å². The lowest BCUT2D eigenvalue weighted by molar-refractivity contribution is -0.116. The molecule has 1 N–H and O–H groups in total. The fraction of sp³-hybridized carbons (Fsp3) is 0.188. The van der Waals surface area contributed by atoms with Crippen LogP contribution in [0.15, 0.2) is 54.6 Å². The summed E-state index contributed by atoms with van der Waals surface area (Å²) >= 11 is 0. The van der Waals surface area contributed by atoms with E-state index in [1.165, 1.54) is 0 Å². The Balaban J connectivity index is 2.06. The minimum atomic E-state index is 0.0974. The topological polar surface area (TPSA) is 32.3 Å². The van der Waals surface area contributed by atoms with Crippen molar-refractivity contribution in [3.8, 4) is 0 Å². The molecule has 1 aliphatic rings. The number of hydrogen-bond acceptors (Lipinski definition) is 2. The van der Waals surface area contributed by atoms with Gasteiger partial charge in [0.05, 0.1) is 11.4 Å². The van der Waals surface area contributed by atoms with Gasteiger partial charge in [0, 0.05) is 18.7 Å². The number of anilines is 3. The van der Waals surface area contributed by atoms with E-state index in [1.807, 2.05) is 42.5 Å². The van der Waals surface area contributed by atoms with Gasteiger partial charge in [-0.2, -0.15) is 0 Å². The molecule has 0 radical (unpaired) electrons. The first-order valence-corrected chi connectivity index (χ1v) is 6.56. The summed E-state index contributed by atoms with van der Waals surface area (Å²) in [7, 11) is 0. The summed E-state index contributed by atoms with van der Waals surface area (Å²) in [6.07, 6.45) is 1.42. The van der Waals surface area contributed by atoms with Gasteiger partial charge in [0.1, 0.15) is 0 Å². The Morgan fingerprint density at radius 1 is 0.947 bits per heavy atom. The van der Waals surface area contributed by atoms with Gasteiger partial charge in [-0.15, -0.1) is 0 Å². The number of benzene rings is 2. The molecule has 19 heavy (non-hydrogen) atoms. The van der Waals surface area contributed by atoms with Crippen molar-refractivity contribution in [2.45, 2.75) is 12.8 Å². The lowest BCUT2D eigenvalue weighted by Gasteiger charge is -2.29. The normalized spacial score (nSPS) is 15.2. The number of para-hydroxylation sites is 3. The fourth-order valence-corrected chi connectivity index (χ4v) is 2.42. The molecule has 96 valence electrons. The summed E-state index contributed by atoms with van der Waals surface area (Å²) in [4.78, 5) is 14.0. The summed E-state index contributed by atoms with van der Waals surface area (Å²) in [6.45, 7) is 0.856. The molecule has 0 fully saturated rings. The van der Waals surface area contributed by atoms with Gasteiger partial charge in [0.15, 0.2) is 0 Å². The molecule has 0 aliphatic carbocycles. The zero-order valence-corrected chi connectivity index (χ0v) is 10.7. The van der Waals surface area contributed by atoms with Crippen molar-refractivity contribution in [2.75, 3.05) is 16.8 Å². The van der Waals surface area contributed by atoms with E-state index in [2.05, 4.69) is 22.3 Å². The van der Waals surface area contributed by atoms with Gasteiger partial charge < -0.3 is 10.2 Å². The van der Waals surface area contributed by atoms with Gasteiger partial charge in [-0.3, -0.25) is 4.79 Å². The molecule has 1 heterocycles. The molecule has 0 spiro atoms. The van der Waals surface area contributed by atoms with E-state index >= 15 is 0 Å². The minimum Gasteiger partial charge on any atom is -0.340 e. The summed E-state index contributed by atoms with van der Waals surface area (Å²) in [5.41, 5.74) is 3.10. The second-order valence-electron chi connectivity index (χ2n) is 4.66. The molecule has 0 unspecified atom stereocenters. The van der Waals surface area contributed by atoms with Crippen LogP contribution in [0.3, 0.4) is 0 Å². The van der Waals surface area contributed by atoms with Crippen LogP contribution in [0, 0.1) is 0 Å². The molecule has 3 nitrogen and oxygen atoms in total. The molecular weight excluding hydrogens is 236 g/mol. The fourth-order valence-electron chi connectivity index (χ4n) is 2.42. The predicted molar refractivity (Wildman–Crippen MR) is 77.8 cm³/mol. The van der Waals surface area contributed by atoms with E-state index < -0.39 is 0 Å². The third-order valence-electron chi connectivity index (χ3n) is 3.32. The van der Waals surface area contributed by atoms with Gasteiger partial charge in [0.2, 0.25) is 5.91 Å². The molecule has 0 bridgehead atoms. The summed E-state index contributed by atoms with van der Waals surface area (Å²) in [6, 6.07) is 18.2. The van der Waals surface area contributed by atoms with Crippen molar-refractivity contribution in [1.82, 2.24) is 0 Å². The van der Waals surface area contributed by atoms with Gasteiger partial charge in [-0.1, -0.05) is 30.3 Å². The van der Waals surface area contributed by atoms with Gasteiger partial charge in [-0.05, 0) is 30.7 Å². The molecule has 3 heteroatoms. The van der Waals surface area contributed by atoms with Crippen LogP contribution >= 0.6 is 0 Å². The van der Waals surface area contributed by atoms with E-state index in [4.69, 9.17) is 0 Å². The number of carbonyl (C=O) groups excluding carboxylic acids is 1. The Morgan fingerprint density at radius 2 is 1.68 bits per heavy atom. The van der Waals surface area contributed by atoms with Crippen LogP contribution in [0.4, 0.5) is 17.1 Å². The molecule has 1 amide bonds. The molecule has 1 aliphatic heterocycles. The number of nitrogens with one attached hydrogen (secondary N) is 1. The molecule has 0 saturated heterocycles. The van der Waals surface area contributed by atoms with Crippen LogP contribution in [0.5, 0.6) is 0 Å². The third-order valence-corrected chi connectivity index (χ3v) is 3.32. The summed E-state index contributed by atoms with van der Waals surface area (Å²) in [5, 5.41) is 2.98. The number of hydrogen-bond donors (Lipinski definition) is 1. The zero-order chi connectivity index (χ0) is 13.1. The Morgan fingerprint density at radius 3 is 2.53 bits per heavy atom. The highest BCUT2D eigenvalue weighted by molar-refractivity contribution is 5.95. The Kier molecular flexibility index (Phi) is 3.19. The number of rotatable bonds is 1. The largest absolute Gasteiger partial charge is 0.340 e. The number of carbonyl (C=O) groups is 1. The molecule has 3 rings (SSSR count). The first-order chi connectivity index (χ1) is 9.34. The van der Waals surface area contributed by atoms with Crippen LogP contribution in [0.25, 0.3) is 0 Å². The van der Waals surface area contributed by atoms with Gasteiger partial charge in [-0.25, -0.2) is 0 Å². The molecule has 0 aromatic heterocycles. The maximum atomic E-state index is 11.7. The van der Waals surface area contributed by atoms with E-state index in [0.29, 0.717) is 6.42 Å². The Bertz CT molecular complexity index is 580. The van der Waals surface area contributed by atoms with E-state index in [-0.39, 0.29) is 5.91 Å². The van der Waals surface area contributed by atoms with Crippen LogP contribution in [-0.2, 0) is 4.79 Å². The Labute approximate surface area is 112 Å². The highest BCUT2D eigenvalue weighted by Gasteiger charge is 2.17. The quantitative estimate of drug-likeness (QED) is 0.841. The molecule has 2 aromatic carbocycles. The van der Waals surface area contributed by atoms with Gasteiger partial charge >= 0.3 is 0 Å². The number of nitrogens with zero attached hydrogens (tertiary/aromatic N) is 1. The standard InChI is InChI=1S/C16H16N2O/c19-16-11-6-12-18(13-7-2-1-3-8-13)15-10-5-4-9-14(15)17-16/h1-5,7-10H,6,11-12H2,(H,17,19). The number of fused-ring (bicyclic) bond motifs is 1. The lowest BCUT2D eigenvalue weighted by atomic mass is 10.1. The SMILES string of the molecule is O=C1CCCN(c2ccccc2)c2ccccc2N1. The smallest absolute Gasteiger partial charge is 0.224 e. The van der Waals surface area contributed by atoms with Crippen molar-refractivity contribution in [1.29, 1.82) is 0 Å². The third kappa shape index (κ3) is 2.45. The summed E-state index contributed by atoms with van der Waals surface area (Å²) < 4.78 is 0. The van der Waals surface area contributed by atoms with Crippen molar-refractivity contribution in [3.05, 3.63) is 54.6 Å². The van der Waals surface area contributed by atoms with Crippen LogP contribution < -0.4 is 10.2 Å². The van der Waals surface area contributed by atoms with Gasteiger partial charge in [0.25, 0.3) is 0 Å². The molecule has 0 atom stereocenters. The van der Waals surface area contributed by atoms with Crippen LogP contribution in [0.1, 0.15) is 12.8 Å². The second kappa shape index (κ2) is 5.14. The van der Waals surface area contributed by atoms with Crippen molar-refractivity contribution in [3.63, 3.8) is 0 Å². The minimum absolute atomic E-state index is 0.0974. The van der Waals surface area contributed by atoms with Crippen molar-refractivity contribution in [2.24, 2.45) is 0 Å². The van der Waals surface area contributed by atoms with E-state index in [1.54, 1.807) is 0 Å².